The van der Waals surface area contributed by atoms with Gasteiger partial charge in [-0.05, 0) is 42.0 Å². The maximum atomic E-state index is 13.1. The van der Waals surface area contributed by atoms with Gasteiger partial charge in [-0.15, -0.1) is 12.4 Å². The summed E-state index contributed by atoms with van der Waals surface area (Å²) in [6.45, 7) is 3.98. The van der Waals surface area contributed by atoms with Gasteiger partial charge < -0.3 is 0 Å². The third-order valence-corrected chi connectivity index (χ3v) is 6.11. The summed E-state index contributed by atoms with van der Waals surface area (Å²) in [7, 11) is 0. The molecular weight excluding hydrogens is 460 g/mol. The largest absolute Gasteiger partial charge is 0.295 e. The number of rotatable bonds is 3. The van der Waals surface area contributed by atoms with Gasteiger partial charge in [-0.25, -0.2) is 0 Å². The molecule has 0 saturated carbocycles. The molecule has 2 nitrogen and oxygen atoms in total. The summed E-state index contributed by atoms with van der Waals surface area (Å²) in [5.41, 5.74) is 2.78. The molecule has 0 spiro atoms. The highest BCUT2D eigenvalue weighted by Gasteiger charge is 2.25. The van der Waals surface area contributed by atoms with Crippen LogP contribution in [-0.2, 0) is 4.79 Å². The zero-order valence-electron chi connectivity index (χ0n) is 15.0. The Morgan fingerprint density at radius 1 is 0.857 bits per heavy atom. The van der Waals surface area contributed by atoms with E-state index < -0.39 is 0 Å². The van der Waals surface area contributed by atoms with E-state index >= 15 is 0 Å². The fraction of sp³-hybridized carbons (Fsp3) is 0.190. The smallest absolute Gasteiger partial charge is 0.187 e. The second-order valence-electron chi connectivity index (χ2n) is 6.26. The number of ketones is 1. The number of Topliss-reactive ketones (excluding diaryl/α,β-unsaturated/α-hetero) is 1. The van der Waals surface area contributed by atoms with Gasteiger partial charge in [0.1, 0.15) is 0 Å². The Morgan fingerprint density at radius 3 is 1.68 bits per heavy atom. The molecule has 2 aromatic carbocycles. The molecule has 1 fully saturated rings. The molecule has 0 aromatic heterocycles. The first kappa shape index (κ1) is 23.3. The zero-order chi connectivity index (χ0) is 19.6. The topological polar surface area (TPSA) is 20.3 Å². The van der Waals surface area contributed by atoms with E-state index in [1.54, 1.807) is 12.1 Å². The average molecular weight is 478 g/mol. The van der Waals surface area contributed by atoms with E-state index in [1.165, 1.54) is 0 Å². The minimum Gasteiger partial charge on any atom is -0.295 e. The fourth-order valence-corrected chi connectivity index (χ4v) is 3.70. The molecule has 3 rings (SSSR count). The fourth-order valence-electron chi connectivity index (χ4n) is 2.97. The number of hydrogen-bond acceptors (Lipinski definition) is 2. The van der Waals surface area contributed by atoms with Gasteiger partial charge in [-0.1, -0.05) is 77.6 Å². The van der Waals surface area contributed by atoms with Crippen LogP contribution in [0.1, 0.15) is 18.1 Å². The number of piperidine rings is 1. The maximum Gasteiger partial charge on any atom is 0.187 e. The normalized spacial score (nSPS) is 17.8. The molecule has 1 saturated heterocycles. The van der Waals surface area contributed by atoms with Gasteiger partial charge in [-0.3, -0.25) is 9.69 Å². The Balaban J connectivity index is 0.00000280. The highest BCUT2D eigenvalue weighted by molar-refractivity contribution is 6.43. The summed E-state index contributed by atoms with van der Waals surface area (Å²) in [6.07, 6.45) is 3.62. The van der Waals surface area contributed by atoms with E-state index in [-0.39, 0.29) is 18.2 Å². The van der Waals surface area contributed by atoms with Crippen LogP contribution in [0.4, 0.5) is 0 Å². The molecule has 0 atom stereocenters. The third kappa shape index (κ3) is 5.13. The van der Waals surface area contributed by atoms with E-state index in [4.69, 9.17) is 46.4 Å². The summed E-state index contributed by atoms with van der Waals surface area (Å²) in [5.74, 6) is -0.0215. The van der Waals surface area contributed by atoms with E-state index in [1.807, 2.05) is 36.4 Å². The quantitative estimate of drug-likeness (QED) is 0.440. The van der Waals surface area contributed by atoms with Gasteiger partial charge in [0, 0.05) is 24.2 Å². The Hall–Kier alpha value is -1.000. The van der Waals surface area contributed by atoms with Gasteiger partial charge in [-0.2, -0.15) is 0 Å². The lowest BCUT2D eigenvalue weighted by molar-refractivity contribution is -0.113. The summed E-state index contributed by atoms with van der Waals surface area (Å²) in [4.78, 5) is 15.2. The van der Waals surface area contributed by atoms with Crippen molar-refractivity contribution in [2.24, 2.45) is 0 Å². The molecule has 1 heterocycles. The van der Waals surface area contributed by atoms with Gasteiger partial charge in [0.15, 0.2) is 5.78 Å². The minimum atomic E-state index is -0.0215. The molecule has 0 unspecified atom stereocenters. The van der Waals surface area contributed by atoms with Gasteiger partial charge in [0.2, 0.25) is 0 Å². The average Bonchev–Trinajstić information content (AvgIpc) is 2.65. The summed E-state index contributed by atoms with van der Waals surface area (Å²) >= 11 is 24.8. The van der Waals surface area contributed by atoms with Crippen molar-refractivity contribution in [3.63, 3.8) is 0 Å². The van der Waals surface area contributed by atoms with Crippen molar-refractivity contribution >= 4 is 76.7 Å². The van der Waals surface area contributed by atoms with E-state index in [0.717, 1.165) is 17.7 Å². The first-order valence-electron chi connectivity index (χ1n) is 8.47. The minimum absolute atomic E-state index is 0. The lowest BCUT2D eigenvalue weighted by Gasteiger charge is -2.28. The van der Waals surface area contributed by atoms with Crippen molar-refractivity contribution in [2.45, 2.75) is 6.92 Å². The Morgan fingerprint density at radius 2 is 1.29 bits per heavy atom. The summed E-state index contributed by atoms with van der Waals surface area (Å²) in [5, 5.41) is 1.80. The molecule has 1 aliphatic heterocycles. The van der Waals surface area contributed by atoms with Gasteiger partial charge in [0.05, 0.1) is 20.1 Å². The van der Waals surface area contributed by atoms with Crippen LogP contribution in [0.3, 0.4) is 0 Å². The van der Waals surface area contributed by atoms with Crippen molar-refractivity contribution in [1.29, 1.82) is 0 Å². The number of carbonyl (C=O) groups excluding carboxylic acids is 1. The molecule has 1 aliphatic rings. The standard InChI is InChI=1S/C21H17Cl4NO.ClH/c1-2-26-11-15(9-13-5-3-7-17(22)19(13)24)21(27)16(12-26)10-14-6-4-8-18(23)20(14)25;/h3-10H,2,11-12H2,1H3;1H. The number of hydrogen-bond donors (Lipinski definition) is 0. The second-order valence-corrected chi connectivity index (χ2v) is 7.83. The van der Waals surface area contributed by atoms with Crippen LogP contribution >= 0.6 is 58.8 Å². The number of carbonyl (C=O) groups is 1. The Labute approximate surface area is 191 Å². The SMILES string of the molecule is CCN1CC(=Cc2cccc(Cl)c2Cl)C(=O)C(=Cc2cccc(Cl)c2Cl)C1.Cl. The highest BCUT2D eigenvalue weighted by atomic mass is 35.5. The van der Waals surface area contributed by atoms with E-state index in [2.05, 4.69) is 11.8 Å². The van der Waals surface area contributed by atoms with E-state index in [0.29, 0.717) is 44.3 Å². The van der Waals surface area contributed by atoms with Crippen LogP contribution in [0.15, 0.2) is 47.5 Å². The predicted octanol–water partition coefficient (Wildman–Crippen LogP) is 7.09. The molecule has 148 valence electrons. The lowest BCUT2D eigenvalue weighted by atomic mass is 9.94. The van der Waals surface area contributed by atoms with Gasteiger partial charge in [0.25, 0.3) is 0 Å². The molecule has 0 radical (unpaired) electrons. The summed E-state index contributed by atoms with van der Waals surface area (Å²) in [6, 6.07) is 10.8. The number of halogens is 5. The van der Waals surface area contributed by atoms with Crippen LogP contribution in [0.25, 0.3) is 12.2 Å². The Bertz CT molecular complexity index is 878. The third-order valence-electron chi connectivity index (χ3n) is 4.44. The van der Waals surface area contributed by atoms with Crippen LogP contribution in [0.5, 0.6) is 0 Å². The summed E-state index contributed by atoms with van der Waals surface area (Å²) < 4.78 is 0. The van der Waals surface area contributed by atoms with Crippen molar-refractivity contribution in [3.05, 3.63) is 78.8 Å². The van der Waals surface area contributed by atoms with Crippen LogP contribution < -0.4 is 0 Å². The van der Waals surface area contributed by atoms with Gasteiger partial charge >= 0.3 is 0 Å². The van der Waals surface area contributed by atoms with Crippen LogP contribution in [0.2, 0.25) is 20.1 Å². The molecule has 0 aliphatic carbocycles. The zero-order valence-corrected chi connectivity index (χ0v) is 18.9. The van der Waals surface area contributed by atoms with Crippen molar-refractivity contribution in [2.75, 3.05) is 19.6 Å². The predicted molar refractivity (Wildman–Crippen MR) is 123 cm³/mol. The molecular formula is C21H18Cl5NO. The second kappa shape index (κ2) is 10.2. The monoisotopic (exact) mass is 475 g/mol. The number of nitrogens with zero attached hydrogens (tertiary/aromatic N) is 1. The highest BCUT2D eigenvalue weighted by Crippen LogP contribution is 2.31. The number of likely N-dealkylation sites (N-methyl/N-ethyl adjacent to an activating group) is 1. The van der Waals surface area contributed by atoms with Crippen LogP contribution in [-0.4, -0.2) is 30.3 Å². The van der Waals surface area contributed by atoms with Crippen LogP contribution in [0, 0.1) is 0 Å². The molecule has 28 heavy (non-hydrogen) atoms. The molecule has 0 bridgehead atoms. The number of likely N-dealkylation sites (tertiary alicyclic amines) is 1. The molecule has 2 aromatic rings. The molecule has 7 heteroatoms. The van der Waals surface area contributed by atoms with Crippen molar-refractivity contribution in [1.82, 2.24) is 4.90 Å². The number of benzene rings is 2. The molecule has 0 N–H and O–H groups in total. The van der Waals surface area contributed by atoms with Crippen molar-refractivity contribution in [3.8, 4) is 0 Å². The molecule has 0 amide bonds. The first-order valence-corrected chi connectivity index (χ1v) is 9.98. The Kier molecular flexibility index (Phi) is 8.44. The van der Waals surface area contributed by atoms with Crippen molar-refractivity contribution < 1.29 is 4.79 Å². The maximum absolute atomic E-state index is 13.1. The first-order chi connectivity index (χ1) is 12.9. The van der Waals surface area contributed by atoms with E-state index in [9.17, 15) is 4.79 Å². The lowest BCUT2D eigenvalue weighted by Crippen LogP contribution is -2.37.